The van der Waals surface area contributed by atoms with Crippen molar-refractivity contribution < 1.29 is 14.3 Å². The molecule has 2 amide bonds. The van der Waals surface area contributed by atoms with Gasteiger partial charge in [0.25, 0.3) is 0 Å². The number of aliphatic hydroxyl groups excluding tert-OH is 1. The molecule has 2 aromatic rings. The number of nitrogens with zero attached hydrogens (tertiary/aromatic N) is 2. The fourth-order valence-electron chi connectivity index (χ4n) is 2.10. The first-order valence-electron chi connectivity index (χ1n) is 7.02. The highest BCUT2D eigenvalue weighted by atomic mass is 35.5. The summed E-state index contributed by atoms with van der Waals surface area (Å²) in [5.74, 6) is -0.435. The maximum Gasteiger partial charge on any atom is 0.315 e. The van der Waals surface area contributed by atoms with Crippen LogP contribution in [0.3, 0.4) is 0 Å². The predicted octanol–water partition coefficient (Wildman–Crippen LogP) is 2.31. The SMILES string of the molecule is C[C@@H](NC(=O)NC[C@H](O)c1cnn(C)c1)c1ccc(F)cc1Cl. The molecule has 1 aromatic carbocycles. The van der Waals surface area contributed by atoms with Crippen LogP contribution in [0.15, 0.2) is 30.6 Å². The number of rotatable bonds is 5. The Kier molecular flexibility index (Phi) is 5.57. The Hall–Kier alpha value is -2.12. The first kappa shape index (κ1) is 17.2. The highest BCUT2D eigenvalue weighted by Gasteiger charge is 2.15. The van der Waals surface area contributed by atoms with Crippen LogP contribution in [-0.4, -0.2) is 27.5 Å². The number of aromatic nitrogens is 2. The largest absolute Gasteiger partial charge is 0.386 e. The fourth-order valence-corrected chi connectivity index (χ4v) is 2.43. The van der Waals surface area contributed by atoms with Gasteiger partial charge in [-0.15, -0.1) is 0 Å². The van der Waals surface area contributed by atoms with E-state index in [9.17, 15) is 14.3 Å². The van der Waals surface area contributed by atoms with Gasteiger partial charge in [0, 0.05) is 30.4 Å². The molecule has 0 fully saturated rings. The molecule has 124 valence electrons. The Morgan fingerprint density at radius 2 is 2.26 bits per heavy atom. The lowest BCUT2D eigenvalue weighted by Crippen LogP contribution is -2.39. The smallest absolute Gasteiger partial charge is 0.315 e. The minimum Gasteiger partial charge on any atom is -0.386 e. The second kappa shape index (κ2) is 7.43. The van der Waals surface area contributed by atoms with Crippen molar-refractivity contribution >= 4 is 17.6 Å². The van der Waals surface area contributed by atoms with Crippen molar-refractivity contribution in [2.75, 3.05) is 6.54 Å². The number of urea groups is 1. The summed E-state index contributed by atoms with van der Waals surface area (Å²) in [6.45, 7) is 1.78. The van der Waals surface area contributed by atoms with E-state index in [0.29, 0.717) is 11.1 Å². The Morgan fingerprint density at radius 1 is 1.52 bits per heavy atom. The molecular formula is C15H18ClFN4O2. The van der Waals surface area contributed by atoms with Crippen LogP contribution in [0.25, 0.3) is 0 Å². The minimum absolute atomic E-state index is 0.0431. The number of halogens is 2. The maximum absolute atomic E-state index is 13.0. The molecule has 2 rings (SSSR count). The van der Waals surface area contributed by atoms with Crippen molar-refractivity contribution in [1.82, 2.24) is 20.4 Å². The molecular weight excluding hydrogens is 323 g/mol. The van der Waals surface area contributed by atoms with Crippen molar-refractivity contribution in [1.29, 1.82) is 0 Å². The van der Waals surface area contributed by atoms with Crippen LogP contribution in [0.1, 0.15) is 30.2 Å². The summed E-state index contributed by atoms with van der Waals surface area (Å²) in [5, 5.41) is 19.4. The van der Waals surface area contributed by atoms with E-state index in [1.165, 1.54) is 24.4 Å². The van der Waals surface area contributed by atoms with Gasteiger partial charge in [-0.3, -0.25) is 4.68 Å². The lowest BCUT2D eigenvalue weighted by molar-refractivity contribution is 0.172. The lowest BCUT2D eigenvalue weighted by atomic mass is 10.1. The minimum atomic E-state index is -0.848. The molecule has 23 heavy (non-hydrogen) atoms. The van der Waals surface area contributed by atoms with Gasteiger partial charge in [0.15, 0.2) is 0 Å². The van der Waals surface area contributed by atoms with Gasteiger partial charge in [0.1, 0.15) is 5.82 Å². The number of carbonyl (C=O) groups is 1. The van der Waals surface area contributed by atoms with Crippen LogP contribution < -0.4 is 10.6 Å². The molecule has 0 unspecified atom stereocenters. The zero-order chi connectivity index (χ0) is 17.0. The molecule has 1 aromatic heterocycles. The van der Waals surface area contributed by atoms with Gasteiger partial charge >= 0.3 is 6.03 Å². The first-order valence-corrected chi connectivity index (χ1v) is 7.40. The Morgan fingerprint density at radius 3 is 2.87 bits per heavy atom. The summed E-state index contributed by atoms with van der Waals surface area (Å²) in [6, 6.07) is 3.13. The number of aliphatic hydroxyl groups is 1. The topological polar surface area (TPSA) is 79.2 Å². The fraction of sp³-hybridized carbons (Fsp3) is 0.333. The number of carbonyl (C=O) groups excluding carboxylic acids is 1. The summed E-state index contributed by atoms with van der Waals surface area (Å²) in [7, 11) is 1.74. The van der Waals surface area contributed by atoms with Crippen molar-refractivity contribution in [3.8, 4) is 0 Å². The van der Waals surface area contributed by atoms with E-state index in [1.807, 2.05) is 0 Å². The normalized spacial score (nSPS) is 13.4. The monoisotopic (exact) mass is 340 g/mol. The quantitative estimate of drug-likeness (QED) is 0.781. The Balaban J connectivity index is 1.86. The molecule has 1 heterocycles. The third-order valence-corrected chi connectivity index (χ3v) is 3.67. The van der Waals surface area contributed by atoms with Crippen LogP contribution in [-0.2, 0) is 7.05 Å². The van der Waals surface area contributed by atoms with Crippen molar-refractivity contribution in [2.24, 2.45) is 7.05 Å². The zero-order valence-electron chi connectivity index (χ0n) is 12.8. The van der Waals surface area contributed by atoms with Crippen LogP contribution in [0.2, 0.25) is 5.02 Å². The second-order valence-electron chi connectivity index (χ2n) is 5.21. The highest BCUT2D eigenvalue weighted by Crippen LogP contribution is 2.23. The predicted molar refractivity (Wildman–Crippen MR) is 84.5 cm³/mol. The summed E-state index contributed by atoms with van der Waals surface area (Å²) in [5.41, 5.74) is 1.22. The van der Waals surface area contributed by atoms with E-state index in [0.717, 1.165) is 0 Å². The van der Waals surface area contributed by atoms with E-state index in [-0.39, 0.29) is 11.6 Å². The van der Waals surface area contributed by atoms with Crippen molar-refractivity contribution in [2.45, 2.75) is 19.1 Å². The first-order chi connectivity index (χ1) is 10.9. The summed E-state index contributed by atoms with van der Waals surface area (Å²) in [4.78, 5) is 11.9. The average Bonchev–Trinajstić information content (AvgIpc) is 2.91. The third-order valence-electron chi connectivity index (χ3n) is 3.34. The van der Waals surface area contributed by atoms with Gasteiger partial charge in [-0.1, -0.05) is 17.7 Å². The summed E-state index contributed by atoms with van der Waals surface area (Å²) < 4.78 is 14.6. The van der Waals surface area contributed by atoms with Crippen LogP contribution in [0, 0.1) is 5.82 Å². The number of hydrogen-bond acceptors (Lipinski definition) is 3. The van der Waals surface area contributed by atoms with Gasteiger partial charge in [0.05, 0.1) is 18.3 Å². The number of nitrogens with one attached hydrogen (secondary N) is 2. The molecule has 0 radical (unpaired) electrons. The van der Waals surface area contributed by atoms with E-state index in [1.54, 1.807) is 24.9 Å². The van der Waals surface area contributed by atoms with Crippen molar-refractivity contribution in [3.05, 3.63) is 52.6 Å². The van der Waals surface area contributed by atoms with E-state index >= 15 is 0 Å². The Bertz CT molecular complexity index is 692. The van der Waals surface area contributed by atoms with Gasteiger partial charge in [-0.05, 0) is 24.6 Å². The number of benzene rings is 1. The van der Waals surface area contributed by atoms with Crippen molar-refractivity contribution in [3.63, 3.8) is 0 Å². The number of aryl methyl sites for hydroxylation is 1. The third kappa shape index (κ3) is 4.67. The van der Waals surface area contributed by atoms with Crippen LogP contribution in [0.4, 0.5) is 9.18 Å². The van der Waals surface area contributed by atoms with E-state index < -0.39 is 24.0 Å². The van der Waals surface area contributed by atoms with Gasteiger partial charge < -0.3 is 15.7 Å². The van der Waals surface area contributed by atoms with Gasteiger partial charge in [-0.2, -0.15) is 5.10 Å². The molecule has 0 bridgehead atoms. The van der Waals surface area contributed by atoms with E-state index in [4.69, 9.17) is 11.6 Å². The maximum atomic E-state index is 13.0. The molecule has 0 aliphatic carbocycles. The molecule has 2 atom stereocenters. The standard InChI is InChI=1S/C15H18ClFN4O2/c1-9(12-4-3-11(17)5-13(12)16)20-15(23)18-7-14(22)10-6-19-21(2)8-10/h3-6,8-9,14,22H,7H2,1-2H3,(H2,18,20,23)/t9-,14+/m1/s1. The van der Waals surface area contributed by atoms with Gasteiger partial charge in [-0.25, -0.2) is 9.18 Å². The summed E-state index contributed by atoms with van der Waals surface area (Å²) >= 11 is 5.96. The molecule has 0 aliphatic heterocycles. The number of amides is 2. The molecule has 3 N–H and O–H groups in total. The molecule has 0 aliphatic rings. The van der Waals surface area contributed by atoms with Crippen LogP contribution >= 0.6 is 11.6 Å². The van der Waals surface area contributed by atoms with Gasteiger partial charge in [0.2, 0.25) is 0 Å². The molecule has 0 saturated carbocycles. The summed E-state index contributed by atoms with van der Waals surface area (Å²) in [6.07, 6.45) is 2.36. The molecule has 8 heteroatoms. The number of hydrogen-bond donors (Lipinski definition) is 3. The Labute approximate surface area is 138 Å². The zero-order valence-corrected chi connectivity index (χ0v) is 13.5. The molecule has 6 nitrogen and oxygen atoms in total. The lowest BCUT2D eigenvalue weighted by Gasteiger charge is -2.17. The van der Waals surface area contributed by atoms with Crippen LogP contribution in [0.5, 0.6) is 0 Å². The molecule has 0 saturated heterocycles. The second-order valence-corrected chi connectivity index (χ2v) is 5.61. The van der Waals surface area contributed by atoms with E-state index in [2.05, 4.69) is 15.7 Å². The average molecular weight is 341 g/mol. The molecule has 0 spiro atoms. The highest BCUT2D eigenvalue weighted by molar-refractivity contribution is 6.31.